The van der Waals surface area contributed by atoms with Crippen molar-refractivity contribution in [2.24, 2.45) is 0 Å². The predicted octanol–water partition coefficient (Wildman–Crippen LogP) is 5.85. The minimum atomic E-state index is -5.45. The Morgan fingerprint density at radius 1 is 0.625 bits per heavy atom. The molecule has 0 radical (unpaired) electrons. The molecule has 0 saturated heterocycles. The molecule has 0 unspecified atom stereocenters. The Morgan fingerprint density at radius 2 is 1.00 bits per heavy atom. The van der Waals surface area contributed by atoms with Gasteiger partial charge in [-0.15, -0.1) is 0 Å². The van der Waals surface area contributed by atoms with Crippen LogP contribution in [0.2, 0.25) is 5.02 Å². The second-order valence-electron chi connectivity index (χ2n) is 5.85. The van der Waals surface area contributed by atoms with Gasteiger partial charge in [-0.3, -0.25) is 0 Å². The summed E-state index contributed by atoms with van der Waals surface area (Å²) in [5, 5.41) is 0.121. The van der Waals surface area contributed by atoms with E-state index in [0.29, 0.717) is 5.56 Å². The lowest BCUT2D eigenvalue weighted by molar-refractivity contribution is -0.438. The van der Waals surface area contributed by atoms with Crippen molar-refractivity contribution in [3.63, 3.8) is 0 Å². The van der Waals surface area contributed by atoms with Gasteiger partial charge in [0.2, 0.25) is 0 Å². The van der Waals surface area contributed by atoms with Crippen molar-refractivity contribution in [1.82, 2.24) is 0 Å². The van der Waals surface area contributed by atoms with E-state index in [1.54, 1.807) is 6.92 Å². The molecule has 0 N–H and O–H groups in total. The van der Waals surface area contributed by atoms with Crippen molar-refractivity contribution in [2.45, 2.75) is 30.1 Å². The van der Waals surface area contributed by atoms with Crippen LogP contribution in [0.3, 0.4) is 0 Å². The molecule has 0 bridgehead atoms. The number of hydrogen-bond donors (Lipinski definition) is 0. The van der Waals surface area contributed by atoms with Crippen LogP contribution in [-0.2, 0) is 5.41 Å². The second kappa shape index (κ2) is 4.91. The Balaban J connectivity index is 2.35. The van der Waals surface area contributed by atoms with Gasteiger partial charge in [0.25, 0.3) is 0 Å². The standard InChI is InChI=1S/C17H11ClF6/c1-10-2-4-11(5-3-10)14(12-6-8-13(18)9-7-12)15(19,20)17(23,24)16(14,21)22/h2-9H,1H3. The molecule has 0 nitrogen and oxygen atoms in total. The summed E-state index contributed by atoms with van der Waals surface area (Å²) >= 11 is 5.66. The molecule has 0 heterocycles. The molecule has 3 rings (SSSR count). The molecule has 1 aliphatic rings. The molecule has 2 aromatic rings. The summed E-state index contributed by atoms with van der Waals surface area (Å²) in [6.07, 6.45) is 0. The van der Waals surface area contributed by atoms with Crippen LogP contribution in [-0.4, -0.2) is 17.8 Å². The zero-order valence-corrected chi connectivity index (χ0v) is 13.0. The van der Waals surface area contributed by atoms with Crippen LogP contribution in [0, 0.1) is 6.92 Å². The van der Waals surface area contributed by atoms with Crippen LogP contribution < -0.4 is 0 Å². The zero-order valence-electron chi connectivity index (χ0n) is 12.3. The minimum Gasteiger partial charge on any atom is -0.198 e. The highest BCUT2D eigenvalue weighted by molar-refractivity contribution is 6.30. The number of rotatable bonds is 2. The van der Waals surface area contributed by atoms with Gasteiger partial charge in [0.1, 0.15) is 0 Å². The van der Waals surface area contributed by atoms with Gasteiger partial charge in [-0.05, 0) is 30.2 Å². The highest BCUT2D eigenvalue weighted by Crippen LogP contribution is 2.74. The molecule has 2 aromatic carbocycles. The number of hydrogen-bond acceptors (Lipinski definition) is 0. The van der Waals surface area contributed by atoms with E-state index in [2.05, 4.69) is 0 Å². The van der Waals surface area contributed by atoms with Crippen molar-refractivity contribution in [3.05, 3.63) is 70.2 Å². The topological polar surface area (TPSA) is 0 Å². The third-order valence-electron chi connectivity index (χ3n) is 4.49. The Kier molecular flexibility index (Phi) is 3.51. The van der Waals surface area contributed by atoms with Crippen LogP contribution in [0.25, 0.3) is 0 Å². The molecular weight excluding hydrogens is 354 g/mol. The van der Waals surface area contributed by atoms with Gasteiger partial charge in [0.05, 0.1) is 0 Å². The monoisotopic (exact) mass is 364 g/mol. The number of halogens is 7. The molecule has 1 aliphatic carbocycles. The van der Waals surface area contributed by atoms with Crippen molar-refractivity contribution >= 4 is 11.6 Å². The smallest absolute Gasteiger partial charge is 0.198 e. The van der Waals surface area contributed by atoms with Crippen LogP contribution in [0.1, 0.15) is 16.7 Å². The molecule has 0 aromatic heterocycles. The third-order valence-corrected chi connectivity index (χ3v) is 4.74. The first-order chi connectivity index (χ1) is 11.0. The van der Waals surface area contributed by atoms with Crippen LogP contribution >= 0.6 is 11.6 Å². The predicted molar refractivity (Wildman–Crippen MR) is 78.3 cm³/mol. The van der Waals surface area contributed by atoms with Gasteiger partial charge in [-0.2, -0.15) is 26.3 Å². The summed E-state index contributed by atoms with van der Waals surface area (Å²) in [5.41, 5.74) is -4.02. The molecule has 128 valence electrons. The average Bonchev–Trinajstić information content (AvgIpc) is 2.50. The maximum atomic E-state index is 14.4. The van der Waals surface area contributed by atoms with Gasteiger partial charge in [0.15, 0.2) is 5.41 Å². The van der Waals surface area contributed by atoms with Crippen molar-refractivity contribution in [3.8, 4) is 0 Å². The highest BCUT2D eigenvalue weighted by Gasteiger charge is 2.98. The maximum absolute atomic E-state index is 14.4. The lowest BCUT2D eigenvalue weighted by Crippen LogP contribution is -2.84. The lowest BCUT2D eigenvalue weighted by atomic mass is 9.52. The van der Waals surface area contributed by atoms with Crippen molar-refractivity contribution in [1.29, 1.82) is 0 Å². The van der Waals surface area contributed by atoms with Crippen molar-refractivity contribution < 1.29 is 26.3 Å². The fraction of sp³-hybridized carbons (Fsp3) is 0.294. The fourth-order valence-corrected chi connectivity index (χ4v) is 3.32. The molecule has 0 amide bonds. The zero-order chi connectivity index (χ0) is 18.0. The molecule has 24 heavy (non-hydrogen) atoms. The first kappa shape index (κ1) is 17.1. The molecule has 0 spiro atoms. The van der Waals surface area contributed by atoms with E-state index in [-0.39, 0.29) is 5.02 Å². The van der Waals surface area contributed by atoms with Crippen LogP contribution in [0.4, 0.5) is 26.3 Å². The Bertz CT molecular complexity index is 699. The summed E-state index contributed by atoms with van der Waals surface area (Å²) in [6.45, 7) is 1.63. The molecule has 7 heteroatoms. The summed E-state index contributed by atoms with van der Waals surface area (Å²) in [4.78, 5) is 0. The van der Waals surface area contributed by atoms with Gasteiger partial charge in [0, 0.05) is 5.02 Å². The lowest BCUT2D eigenvalue weighted by Gasteiger charge is -2.59. The fourth-order valence-electron chi connectivity index (χ4n) is 3.20. The molecular formula is C17H11ClF6. The van der Waals surface area contributed by atoms with Gasteiger partial charge < -0.3 is 0 Å². The van der Waals surface area contributed by atoms with Crippen LogP contribution in [0.5, 0.6) is 0 Å². The quantitative estimate of drug-likeness (QED) is 0.586. The van der Waals surface area contributed by atoms with E-state index >= 15 is 0 Å². The average molecular weight is 365 g/mol. The first-order valence-corrected chi connectivity index (χ1v) is 7.34. The molecule has 1 saturated carbocycles. The van der Waals surface area contributed by atoms with Crippen molar-refractivity contribution in [2.75, 3.05) is 0 Å². The number of benzene rings is 2. The Morgan fingerprint density at radius 3 is 1.42 bits per heavy atom. The second-order valence-corrected chi connectivity index (χ2v) is 6.28. The number of alkyl halides is 6. The highest BCUT2D eigenvalue weighted by atomic mass is 35.5. The van der Waals surface area contributed by atoms with E-state index in [1.165, 1.54) is 12.1 Å². The van der Waals surface area contributed by atoms with Crippen LogP contribution in [0.15, 0.2) is 48.5 Å². The Labute approximate surface area is 139 Å². The third kappa shape index (κ3) is 1.72. The van der Waals surface area contributed by atoms with E-state index in [4.69, 9.17) is 11.6 Å². The normalized spacial score (nSPS) is 22.7. The number of aryl methyl sites for hydroxylation is 1. The molecule has 1 fully saturated rings. The largest absolute Gasteiger partial charge is 0.374 e. The SMILES string of the molecule is Cc1ccc(C2(c3ccc(Cl)cc3)C(F)(F)C(F)(F)C2(F)F)cc1. The van der Waals surface area contributed by atoms with E-state index in [9.17, 15) is 26.3 Å². The molecule has 0 aliphatic heterocycles. The maximum Gasteiger partial charge on any atom is 0.374 e. The Hall–Kier alpha value is -1.69. The van der Waals surface area contributed by atoms with E-state index in [1.807, 2.05) is 0 Å². The minimum absolute atomic E-state index is 0.121. The molecule has 0 atom stereocenters. The summed E-state index contributed by atoms with van der Waals surface area (Å²) < 4.78 is 84.9. The van der Waals surface area contributed by atoms with Gasteiger partial charge in [-0.25, -0.2) is 0 Å². The van der Waals surface area contributed by atoms with E-state index < -0.39 is 34.3 Å². The first-order valence-electron chi connectivity index (χ1n) is 6.97. The van der Waals surface area contributed by atoms with Gasteiger partial charge in [-0.1, -0.05) is 53.6 Å². The summed E-state index contributed by atoms with van der Waals surface area (Å²) in [5.74, 6) is -15.4. The van der Waals surface area contributed by atoms with Gasteiger partial charge >= 0.3 is 17.8 Å². The van der Waals surface area contributed by atoms with E-state index in [0.717, 1.165) is 36.4 Å². The summed E-state index contributed by atoms with van der Waals surface area (Å²) in [6, 6.07) is 8.82. The summed E-state index contributed by atoms with van der Waals surface area (Å²) in [7, 11) is 0.